The summed E-state index contributed by atoms with van der Waals surface area (Å²) < 4.78 is 5.39. The molecule has 0 bridgehead atoms. The number of fused-ring (bicyclic) bond motifs is 1. The number of nitrogens with zero attached hydrogens (tertiary/aromatic N) is 3. The van der Waals surface area contributed by atoms with Crippen molar-refractivity contribution in [2.24, 2.45) is 0 Å². The van der Waals surface area contributed by atoms with Gasteiger partial charge < -0.3 is 14.7 Å². The van der Waals surface area contributed by atoms with E-state index >= 15 is 0 Å². The average molecular weight is 287 g/mol. The highest BCUT2D eigenvalue weighted by atomic mass is 16.5. The van der Waals surface area contributed by atoms with Crippen molar-refractivity contribution in [1.82, 2.24) is 4.98 Å². The van der Waals surface area contributed by atoms with Crippen LogP contribution in [0, 0.1) is 11.3 Å². The van der Waals surface area contributed by atoms with Crippen LogP contribution in [0.4, 0.5) is 5.82 Å². The van der Waals surface area contributed by atoms with Crippen molar-refractivity contribution in [2.45, 2.75) is 31.7 Å². The lowest BCUT2D eigenvalue weighted by atomic mass is 10.1. The van der Waals surface area contributed by atoms with Crippen LogP contribution in [0.1, 0.15) is 29.7 Å². The van der Waals surface area contributed by atoms with Crippen LogP contribution in [0.15, 0.2) is 6.07 Å². The number of hydrogen-bond donors (Lipinski definition) is 1. The summed E-state index contributed by atoms with van der Waals surface area (Å²) in [4.78, 5) is 17.6. The molecule has 1 aliphatic carbocycles. The largest absolute Gasteiger partial charge is 0.481 e. The number of carboxylic acids is 1. The number of carboxylic acid groups (broad SMARTS) is 1. The third kappa shape index (κ3) is 2.69. The number of aliphatic carboxylic acids is 1. The molecular formula is C15H17N3O3. The molecule has 0 saturated carbocycles. The number of anilines is 1. The first-order valence-corrected chi connectivity index (χ1v) is 7.18. The number of rotatable bonds is 3. The van der Waals surface area contributed by atoms with E-state index in [2.05, 4.69) is 11.1 Å². The number of nitriles is 1. The zero-order chi connectivity index (χ0) is 14.8. The molecule has 3 rings (SSSR count). The molecule has 1 N–H and O–H groups in total. The van der Waals surface area contributed by atoms with Crippen LogP contribution in [0.25, 0.3) is 0 Å². The molecule has 0 aromatic carbocycles. The molecule has 0 amide bonds. The van der Waals surface area contributed by atoms with E-state index in [0.29, 0.717) is 31.1 Å². The number of pyridine rings is 1. The van der Waals surface area contributed by atoms with E-state index in [0.717, 1.165) is 30.5 Å². The Balaban J connectivity index is 1.97. The van der Waals surface area contributed by atoms with Crippen molar-refractivity contribution in [1.29, 1.82) is 5.26 Å². The van der Waals surface area contributed by atoms with Gasteiger partial charge in [-0.1, -0.05) is 0 Å². The SMILES string of the molecule is N#Cc1cc2c(nc1N1CCOCC1CC(=O)O)CCC2. The van der Waals surface area contributed by atoms with Crippen LogP contribution in [0.3, 0.4) is 0 Å². The fourth-order valence-corrected chi connectivity index (χ4v) is 3.07. The maximum absolute atomic E-state index is 11.0. The Morgan fingerprint density at radius 1 is 1.57 bits per heavy atom. The Kier molecular flexibility index (Phi) is 3.76. The second-order valence-corrected chi connectivity index (χ2v) is 5.45. The second kappa shape index (κ2) is 5.70. The number of aryl methyl sites for hydroxylation is 2. The Hall–Kier alpha value is -2.13. The Labute approximate surface area is 123 Å². The van der Waals surface area contributed by atoms with Crippen LogP contribution >= 0.6 is 0 Å². The number of hydrogen-bond acceptors (Lipinski definition) is 5. The molecule has 1 saturated heterocycles. The monoisotopic (exact) mass is 287 g/mol. The lowest BCUT2D eigenvalue weighted by molar-refractivity contribution is -0.138. The van der Waals surface area contributed by atoms with Crippen LogP contribution in [0.2, 0.25) is 0 Å². The molecular weight excluding hydrogens is 270 g/mol. The number of aromatic nitrogens is 1. The standard InChI is InChI=1S/C15H17N3O3/c16-8-11-6-10-2-1-3-13(10)17-15(11)18-4-5-21-9-12(18)7-14(19)20/h6,12H,1-5,7,9H2,(H,19,20). The lowest BCUT2D eigenvalue weighted by Gasteiger charge is -2.36. The Morgan fingerprint density at radius 3 is 3.19 bits per heavy atom. The molecule has 110 valence electrons. The van der Waals surface area contributed by atoms with E-state index in [1.807, 2.05) is 11.0 Å². The van der Waals surface area contributed by atoms with E-state index in [1.54, 1.807) is 0 Å². The van der Waals surface area contributed by atoms with Gasteiger partial charge in [0.15, 0.2) is 0 Å². The second-order valence-electron chi connectivity index (χ2n) is 5.45. The molecule has 2 aliphatic rings. The molecule has 0 radical (unpaired) electrons. The summed E-state index contributed by atoms with van der Waals surface area (Å²) in [5.41, 5.74) is 2.73. The molecule has 1 unspecified atom stereocenters. The quantitative estimate of drug-likeness (QED) is 0.896. The molecule has 1 atom stereocenters. The fourth-order valence-electron chi connectivity index (χ4n) is 3.07. The van der Waals surface area contributed by atoms with Gasteiger partial charge in [-0.15, -0.1) is 0 Å². The summed E-state index contributed by atoms with van der Waals surface area (Å²) in [6.45, 7) is 1.45. The molecule has 6 heteroatoms. The van der Waals surface area contributed by atoms with E-state index in [1.165, 1.54) is 0 Å². The smallest absolute Gasteiger partial charge is 0.305 e. The van der Waals surface area contributed by atoms with E-state index < -0.39 is 5.97 Å². The number of ether oxygens (including phenoxy) is 1. The normalized spacial score (nSPS) is 20.9. The molecule has 1 aliphatic heterocycles. The molecule has 1 aromatic rings. The summed E-state index contributed by atoms with van der Waals surface area (Å²) in [5, 5.41) is 18.4. The molecule has 1 aromatic heterocycles. The third-order valence-electron chi connectivity index (χ3n) is 4.06. The minimum absolute atomic E-state index is 0.0103. The predicted molar refractivity (Wildman–Crippen MR) is 75.2 cm³/mol. The summed E-state index contributed by atoms with van der Waals surface area (Å²) >= 11 is 0. The van der Waals surface area contributed by atoms with Gasteiger partial charge in [0.1, 0.15) is 11.9 Å². The van der Waals surface area contributed by atoms with Crippen molar-refractivity contribution < 1.29 is 14.6 Å². The number of carbonyl (C=O) groups is 1. The topological polar surface area (TPSA) is 86.5 Å². The fraction of sp³-hybridized carbons (Fsp3) is 0.533. The van der Waals surface area contributed by atoms with Gasteiger partial charge >= 0.3 is 5.97 Å². The summed E-state index contributed by atoms with van der Waals surface area (Å²) in [6.07, 6.45) is 2.96. The van der Waals surface area contributed by atoms with E-state index in [-0.39, 0.29) is 12.5 Å². The molecule has 6 nitrogen and oxygen atoms in total. The third-order valence-corrected chi connectivity index (χ3v) is 4.06. The van der Waals surface area contributed by atoms with Crippen molar-refractivity contribution >= 4 is 11.8 Å². The lowest BCUT2D eigenvalue weighted by Crippen LogP contribution is -2.47. The first kappa shape index (κ1) is 13.8. The van der Waals surface area contributed by atoms with Gasteiger partial charge in [0.25, 0.3) is 0 Å². The first-order chi connectivity index (χ1) is 10.2. The van der Waals surface area contributed by atoms with Crippen molar-refractivity contribution in [3.05, 3.63) is 22.9 Å². The maximum atomic E-state index is 11.0. The average Bonchev–Trinajstić information content (AvgIpc) is 2.93. The predicted octanol–water partition coefficient (Wildman–Crippen LogP) is 1.12. The molecule has 1 fully saturated rings. The van der Waals surface area contributed by atoms with Crippen LogP contribution in [-0.2, 0) is 22.4 Å². The van der Waals surface area contributed by atoms with Crippen LogP contribution in [-0.4, -0.2) is 41.9 Å². The minimum Gasteiger partial charge on any atom is -0.481 e. The maximum Gasteiger partial charge on any atom is 0.305 e. The van der Waals surface area contributed by atoms with Gasteiger partial charge in [0.05, 0.1) is 31.2 Å². The zero-order valence-corrected chi connectivity index (χ0v) is 11.7. The Morgan fingerprint density at radius 2 is 2.43 bits per heavy atom. The van der Waals surface area contributed by atoms with Crippen LogP contribution in [0.5, 0.6) is 0 Å². The zero-order valence-electron chi connectivity index (χ0n) is 11.7. The Bertz CT molecular complexity index is 609. The van der Waals surface area contributed by atoms with Crippen molar-refractivity contribution in [3.63, 3.8) is 0 Å². The van der Waals surface area contributed by atoms with E-state index in [9.17, 15) is 10.1 Å². The minimum atomic E-state index is -0.866. The van der Waals surface area contributed by atoms with Crippen LogP contribution < -0.4 is 4.90 Å². The summed E-state index contributed by atoms with van der Waals surface area (Å²) in [6, 6.07) is 3.85. The van der Waals surface area contributed by atoms with Gasteiger partial charge in [0, 0.05) is 12.2 Å². The van der Waals surface area contributed by atoms with Gasteiger partial charge in [0.2, 0.25) is 0 Å². The van der Waals surface area contributed by atoms with E-state index in [4.69, 9.17) is 9.84 Å². The van der Waals surface area contributed by atoms with Gasteiger partial charge in [-0.25, -0.2) is 4.98 Å². The first-order valence-electron chi connectivity index (χ1n) is 7.18. The van der Waals surface area contributed by atoms with Gasteiger partial charge in [-0.3, -0.25) is 4.79 Å². The van der Waals surface area contributed by atoms with Gasteiger partial charge in [-0.2, -0.15) is 5.26 Å². The number of morpholine rings is 1. The van der Waals surface area contributed by atoms with Gasteiger partial charge in [-0.05, 0) is 30.9 Å². The molecule has 21 heavy (non-hydrogen) atoms. The highest BCUT2D eigenvalue weighted by Gasteiger charge is 2.29. The van der Waals surface area contributed by atoms with Crippen molar-refractivity contribution in [2.75, 3.05) is 24.7 Å². The molecule has 2 heterocycles. The van der Waals surface area contributed by atoms with Crippen molar-refractivity contribution in [3.8, 4) is 6.07 Å². The molecule has 0 spiro atoms. The summed E-state index contributed by atoms with van der Waals surface area (Å²) in [5.74, 6) is -0.247. The highest BCUT2D eigenvalue weighted by molar-refractivity contribution is 5.69. The highest BCUT2D eigenvalue weighted by Crippen LogP contribution is 2.29. The summed E-state index contributed by atoms with van der Waals surface area (Å²) in [7, 11) is 0.